The van der Waals surface area contributed by atoms with Crippen LogP contribution in [-0.2, 0) is 12.8 Å². The minimum atomic E-state index is -0.293. The van der Waals surface area contributed by atoms with Crippen molar-refractivity contribution in [3.05, 3.63) is 53.5 Å². The number of aromatic amines is 1. The van der Waals surface area contributed by atoms with Crippen LogP contribution in [0.2, 0.25) is 0 Å². The zero-order valence-electron chi connectivity index (χ0n) is 21.5. The molecular formula is C26H35N7O3. The number of nitrogens with one attached hydrogen (secondary N) is 2. The number of carbonyl (C=O) groups is 1. The number of amides is 1. The number of ether oxygens (including phenoxy) is 2. The second-order valence-electron chi connectivity index (χ2n) is 9.20. The Kier molecular flexibility index (Phi) is 8.37. The van der Waals surface area contributed by atoms with Gasteiger partial charge in [0.15, 0.2) is 5.82 Å². The topological polar surface area (TPSA) is 109 Å². The van der Waals surface area contributed by atoms with Gasteiger partial charge in [-0.1, -0.05) is 0 Å². The average molecular weight is 494 g/mol. The quantitative estimate of drug-likeness (QED) is 0.468. The van der Waals surface area contributed by atoms with Gasteiger partial charge in [0, 0.05) is 62.4 Å². The fraction of sp³-hybridized carbons (Fsp3) is 0.462. The normalized spacial score (nSPS) is 14.5. The van der Waals surface area contributed by atoms with Crippen molar-refractivity contribution >= 4 is 17.7 Å². The Morgan fingerprint density at radius 1 is 1.00 bits per heavy atom. The number of H-pyrrole nitrogens is 1. The van der Waals surface area contributed by atoms with Crippen LogP contribution in [-0.4, -0.2) is 77.4 Å². The number of carbonyl (C=O) groups excluding carboxylic acids is 1. The summed E-state index contributed by atoms with van der Waals surface area (Å²) in [6.07, 6.45) is 5.71. The van der Waals surface area contributed by atoms with E-state index < -0.39 is 0 Å². The molecule has 36 heavy (non-hydrogen) atoms. The third kappa shape index (κ3) is 6.51. The Morgan fingerprint density at radius 3 is 2.39 bits per heavy atom. The molecular weight excluding hydrogens is 458 g/mol. The zero-order chi connectivity index (χ0) is 25.5. The maximum absolute atomic E-state index is 12.7. The predicted octanol–water partition coefficient (Wildman–Crippen LogP) is 3.17. The number of anilines is 2. The third-order valence-electron chi connectivity index (χ3n) is 6.41. The number of benzene rings is 1. The van der Waals surface area contributed by atoms with Crippen molar-refractivity contribution in [1.82, 2.24) is 25.1 Å². The highest BCUT2D eigenvalue weighted by Crippen LogP contribution is 2.23. The van der Waals surface area contributed by atoms with Gasteiger partial charge < -0.3 is 19.7 Å². The molecule has 3 heterocycles. The largest absolute Gasteiger partial charge is 0.497 e. The molecule has 1 amide bonds. The molecule has 0 spiro atoms. The molecule has 1 fully saturated rings. The van der Waals surface area contributed by atoms with Crippen molar-refractivity contribution < 1.29 is 14.3 Å². The Bertz CT molecular complexity index is 1120. The van der Waals surface area contributed by atoms with Gasteiger partial charge in [0.05, 0.1) is 19.8 Å². The summed E-state index contributed by atoms with van der Waals surface area (Å²) >= 11 is 0. The van der Waals surface area contributed by atoms with Gasteiger partial charge in [0.25, 0.3) is 5.91 Å². The van der Waals surface area contributed by atoms with Gasteiger partial charge in [-0.25, -0.2) is 9.97 Å². The SMILES string of the molecule is COc1cc(CCc2cc(NC(=O)c3cnc(N4CCCN(C(C)C)CC4)nc3)n[nH]2)cc(OC)c1. The van der Waals surface area contributed by atoms with E-state index >= 15 is 0 Å². The highest BCUT2D eigenvalue weighted by molar-refractivity contribution is 6.03. The first-order valence-corrected chi connectivity index (χ1v) is 12.3. The van der Waals surface area contributed by atoms with Gasteiger partial charge >= 0.3 is 0 Å². The minimum absolute atomic E-state index is 0.293. The molecule has 0 aliphatic carbocycles. The van der Waals surface area contributed by atoms with E-state index in [4.69, 9.17) is 9.47 Å². The van der Waals surface area contributed by atoms with Crippen molar-refractivity contribution in [3.63, 3.8) is 0 Å². The first kappa shape index (κ1) is 25.4. The summed E-state index contributed by atoms with van der Waals surface area (Å²) in [6, 6.07) is 8.18. The van der Waals surface area contributed by atoms with E-state index in [2.05, 4.69) is 49.1 Å². The first-order valence-electron chi connectivity index (χ1n) is 12.3. The molecule has 10 nitrogen and oxygen atoms in total. The van der Waals surface area contributed by atoms with Crippen LogP contribution in [0.3, 0.4) is 0 Å². The van der Waals surface area contributed by atoms with E-state index in [0.717, 1.165) is 68.2 Å². The van der Waals surface area contributed by atoms with Crippen LogP contribution in [0.15, 0.2) is 36.7 Å². The second kappa shape index (κ2) is 11.9. The lowest BCUT2D eigenvalue weighted by atomic mass is 10.1. The van der Waals surface area contributed by atoms with Gasteiger partial charge in [-0.05, 0) is 50.8 Å². The molecule has 1 aromatic carbocycles. The summed E-state index contributed by atoms with van der Waals surface area (Å²) in [4.78, 5) is 26.3. The molecule has 0 radical (unpaired) electrons. The molecule has 3 aromatic rings. The van der Waals surface area contributed by atoms with Crippen LogP contribution < -0.4 is 19.7 Å². The van der Waals surface area contributed by atoms with Crippen LogP contribution in [0.1, 0.15) is 41.9 Å². The smallest absolute Gasteiger partial charge is 0.260 e. The number of hydrogen-bond donors (Lipinski definition) is 2. The Morgan fingerprint density at radius 2 is 1.72 bits per heavy atom. The number of aryl methyl sites for hydroxylation is 2. The summed E-state index contributed by atoms with van der Waals surface area (Å²) in [7, 11) is 3.27. The lowest BCUT2D eigenvalue weighted by molar-refractivity contribution is 0.102. The summed E-state index contributed by atoms with van der Waals surface area (Å²) < 4.78 is 10.7. The van der Waals surface area contributed by atoms with E-state index in [1.807, 2.05) is 24.3 Å². The monoisotopic (exact) mass is 493 g/mol. The van der Waals surface area contributed by atoms with Crippen LogP contribution in [0.5, 0.6) is 11.5 Å². The van der Waals surface area contributed by atoms with Crippen LogP contribution >= 0.6 is 0 Å². The lowest BCUT2D eigenvalue weighted by Crippen LogP contribution is -2.35. The van der Waals surface area contributed by atoms with Crippen molar-refractivity contribution in [2.45, 2.75) is 39.2 Å². The highest BCUT2D eigenvalue weighted by atomic mass is 16.5. The standard InChI is InChI=1S/C26H35N7O3/c1-18(2)32-8-5-9-33(11-10-32)26-27-16-20(17-28-26)25(34)29-24-14-21(30-31-24)7-6-19-12-22(35-3)15-23(13-19)36-4/h12-18H,5-11H2,1-4H3,(H2,29,30,31,34). The first-order chi connectivity index (χ1) is 17.4. The van der Waals surface area contributed by atoms with Gasteiger partial charge in [0.1, 0.15) is 11.5 Å². The van der Waals surface area contributed by atoms with Crippen molar-refractivity contribution in [3.8, 4) is 11.5 Å². The number of rotatable bonds is 9. The van der Waals surface area contributed by atoms with Crippen molar-refractivity contribution in [2.75, 3.05) is 50.6 Å². The lowest BCUT2D eigenvalue weighted by Gasteiger charge is -2.24. The molecule has 0 saturated carbocycles. The Labute approximate surface area is 212 Å². The van der Waals surface area contributed by atoms with Gasteiger partial charge in [0.2, 0.25) is 5.95 Å². The Hall–Kier alpha value is -3.66. The van der Waals surface area contributed by atoms with Crippen LogP contribution in [0, 0.1) is 0 Å². The molecule has 192 valence electrons. The van der Waals surface area contributed by atoms with Crippen LogP contribution in [0.25, 0.3) is 0 Å². The van der Waals surface area contributed by atoms with Gasteiger partial charge in [-0.15, -0.1) is 0 Å². The fourth-order valence-corrected chi connectivity index (χ4v) is 4.29. The molecule has 1 aliphatic heterocycles. The highest BCUT2D eigenvalue weighted by Gasteiger charge is 2.19. The maximum atomic E-state index is 12.7. The fourth-order valence-electron chi connectivity index (χ4n) is 4.29. The number of methoxy groups -OCH3 is 2. The molecule has 2 aromatic heterocycles. The molecule has 0 atom stereocenters. The van der Waals surface area contributed by atoms with Gasteiger partial charge in [-0.2, -0.15) is 5.10 Å². The molecule has 4 rings (SSSR count). The van der Waals surface area contributed by atoms with E-state index in [1.165, 1.54) is 0 Å². The molecule has 2 N–H and O–H groups in total. The molecule has 0 unspecified atom stereocenters. The maximum Gasteiger partial charge on any atom is 0.260 e. The van der Waals surface area contributed by atoms with E-state index in [0.29, 0.717) is 23.4 Å². The van der Waals surface area contributed by atoms with Gasteiger partial charge in [-0.3, -0.25) is 14.8 Å². The molecule has 1 saturated heterocycles. The molecule has 10 heteroatoms. The number of aromatic nitrogens is 4. The Balaban J connectivity index is 1.31. The predicted molar refractivity (Wildman–Crippen MR) is 139 cm³/mol. The van der Waals surface area contributed by atoms with E-state index in [-0.39, 0.29) is 5.91 Å². The summed E-state index contributed by atoms with van der Waals surface area (Å²) in [6.45, 7) is 8.29. The van der Waals surface area contributed by atoms with Crippen molar-refractivity contribution in [2.24, 2.45) is 0 Å². The summed E-state index contributed by atoms with van der Waals surface area (Å²) in [5.41, 5.74) is 2.39. The second-order valence-corrected chi connectivity index (χ2v) is 9.20. The van der Waals surface area contributed by atoms with E-state index in [1.54, 1.807) is 26.6 Å². The van der Waals surface area contributed by atoms with Crippen LogP contribution in [0.4, 0.5) is 11.8 Å². The summed E-state index contributed by atoms with van der Waals surface area (Å²) in [5, 5.41) is 10.0. The average Bonchev–Trinajstić information content (AvgIpc) is 3.19. The zero-order valence-corrected chi connectivity index (χ0v) is 21.5. The molecule has 0 bridgehead atoms. The molecule has 1 aliphatic rings. The third-order valence-corrected chi connectivity index (χ3v) is 6.41. The van der Waals surface area contributed by atoms with Crippen molar-refractivity contribution in [1.29, 1.82) is 0 Å². The number of hydrogen-bond acceptors (Lipinski definition) is 8. The van der Waals surface area contributed by atoms with E-state index in [9.17, 15) is 4.79 Å². The number of nitrogens with zero attached hydrogens (tertiary/aromatic N) is 5. The summed E-state index contributed by atoms with van der Waals surface area (Å²) in [5.74, 6) is 2.34. The minimum Gasteiger partial charge on any atom is -0.497 e.